The average Bonchev–Trinajstić information content (AvgIpc) is 2.55. The van der Waals surface area contributed by atoms with Crippen molar-refractivity contribution in [2.75, 3.05) is 19.6 Å². The molecule has 9 heteroatoms. The zero-order valence-electron chi connectivity index (χ0n) is 14.6. The maximum absolute atomic E-state index is 12.7. The summed E-state index contributed by atoms with van der Waals surface area (Å²) >= 11 is 5.93. The van der Waals surface area contributed by atoms with Gasteiger partial charge in [0.2, 0.25) is 11.8 Å². The highest BCUT2D eigenvalue weighted by atomic mass is 35.5. The molecule has 0 aliphatic carbocycles. The van der Waals surface area contributed by atoms with E-state index in [4.69, 9.17) is 11.6 Å². The van der Waals surface area contributed by atoms with Crippen molar-refractivity contribution in [3.8, 4) is 0 Å². The molecule has 0 unspecified atom stereocenters. The molecule has 0 N–H and O–H groups in total. The van der Waals surface area contributed by atoms with E-state index < -0.39 is 11.7 Å². The third kappa shape index (κ3) is 5.09. The fourth-order valence-electron chi connectivity index (χ4n) is 3.12. The lowest BCUT2D eigenvalue weighted by Crippen LogP contribution is -2.48. The van der Waals surface area contributed by atoms with E-state index in [2.05, 4.69) is 4.98 Å². The molecular formula is C17H21ClF3N3O2. The maximum Gasteiger partial charge on any atom is 0.417 e. The van der Waals surface area contributed by atoms with Gasteiger partial charge in [-0.1, -0.05) is 11.6 Å². The van der Waals surface area contributed by atoms with Gasteiger partial charge in [-0.2, -0.15) is 13.2 Å². The van der Waals surface area contributed by atoms with Gasteiger partial charge in [0.05, 0.1) is 16.3 Å². The number of piperidine rings is 1. The number of hydrogen-bond donors (Lipinski definition) is 0. The molecule has 1 aliphatic rings. The number of carbonyl (C=O) groups is 2. The highest BCUT2D eigenvalue weighted by Crippen LogP contribution is 2.31. The second-order valence-corrected chi connectivity index (χ2v) is 6.76. The van der Waals surface area contributed by atoms with Gasteiger partial charge in [-0.25, -0.2) is 0 Å². The summed E-state index contributed by atoms with van der Waals surface area (Å²) in [5.41, 5.74) is -0.571. The van der Waals surface area contributed by atoms with Crippen molar-refractivity contribution in [3.63, 3.8) is 0 Å². The summed E-state index contributed by atoms with van der Waals surface area (Å²) in [5.74, 6) is -0.104. The van der Waals surface area contributed by atoms with E-state index >= 15 is 0 Å². The molecule has 144 valence electrons. The third-order valence-corrected chi connectivity index (χ3v) is 4.92. The monoisotopic (exact) mass is 391 g/mol. The molecule has 2 amide bonds. The number of pyridine rings is 1. The molecule has 0 radical (unpaired) electrons. The van der Waals surface area contributed by atoms with Crippen LogP contribution in [0.2, 0.25) is 5.02 Å². The topological polar surface area (TPSA) is 53.5 Å². The summed E-state index contributed by atoms with van der Waals surface area (Å²) in [6.07, 6.45) is -2.12. The number of hydrogen-bond acceptors (Lipinski definition) is 3. The van der Waals surface area contributed by atoms with E-state index in [0.29, 0.717) is 38.2 Å². The number of likely N-dealkylation sites (tertiary alicyclic amines) is 1. The minimum atomic E-state index is -4.49. The fraction of sp³-hybridized carbons (Fsp3) is 0.588. The normalized spacial score (nSPS) is 15.8. The molecule has 0 atom stereocenters. The van der Waals surface area contributed by atoms with Crippen molar-refractivity contribution < 1.29 is 22.8 Å². The Labute approximate surface area is 155 Å². The van der Waals surface area contributed by atoms with Gasteiger partial charge in [0, 0.05) is 52.1 Å². The van der Waals surface area contributed by atoms with E-state index in [0.717, 1.165) is 12.3 Å². The van der Waals surface area contributed by atoms with Crippen LogP contribution in [-0.4, -0.2) is 52.3 Å². The first-order chi connectivity index (χ1) is 12.1. The SMILES string of the molecule is CC(=O)N1CCC(N(CCc2ncc(C(F)(F)F)cc2Cl)C(C)=O)CC1. The Bertz CT molecular complexity index is 674. The van der Waals surface area contributed by atoms with Crippen molar-refractivity contribution in [2.24, 2.45) is 0 Å². The van der Waals surface area contributed by atoms with Crippen LogP contribution in [0.5, 0.6) is 0 Å². The molecule has 0 bridgehead atoms. The van der Waals surface area contributed by atoms with Gasteiger partial charge < -0.3 is 9.80 Å². The Morgan fingerprint density at radius 1 is 1.31 bits per heavy atom. The number of alkyl halides is 3. The molecule has 1 aromatic heterocycles. The van der Waals surface area contributed by atoms with Crippen LogP contribution in [0, 0.1) is 0 Å². The summed E-state index contributed by atoms with van der Waals surface area (Å²) in [7, 11) is 0. The summed E-state index contributed by atoms with van der Waals surface area (Å²) in [6.45, 7) is 4.46. The summed E-state index contributed by atoms with van der Waals surface area (Å²) in [5, 5.41) is -0.0604. The quantitative estimate of drug-likeness (QED) is 0.792. The lowest BCUT2D eigenvalue weighted by atomic mass is 10.0. The highest BCUT2D eigenvalue weighted by Gasteiger charge is 2.32. The van der Waals surface area contributed by atoms with Crippen molar-refractivity contribution in [2.45, 2.75) is 45.3 Å². The van der Waals surface area contributed by atoms with Crippen molar-refractivity contribution >= 4 is 23.4 Å². The molecule has 2 heterocycles. The molecule has 0 aromatic carbocycles. The molecule has 0 saturated carbocycles. The molecule has 0 spiro atoms. The van der Waals surface area contributed by atoms with Crippen LogP contribution in [-0.2, 0) is 22.2 Å². The van der Waals surface area contributed by atoms with Crippen LogP contribution < -0.4 is 0 Å². The minimum Gasteiger partial charge on any atom is -0.343 e. The van der Waals surface area contributed by atoms with Gasteiger partial charge >= 0.3 is 6.18 Å². The van der Waals surface area contributed by atoms with E-state index in [9.17, 15) is 22.8 Å². The number of aromatic nitrogens is 1. The number of nitrogens with zero attached hydrogens (tertiary/aromatic N) is 3. The Balaban J connectivity index is 2.01. The highest BCUT2D eigenvalue weighted by molar-refractivity contribution is 6.31. The molecule has 1 aromatic rings. The lowest BCUT2D eigenvalue weighted by molar-refractivity contribution is -0.138. The summed E-state index contributed by atoms with van der Waals surface area (Å²) in [4.78, 5) is 30.6. The Hall–Kier alpha value is -1.83. The fourth-order valence-corrected chi connectivity index (χ4v) is 3.38. The van der Waals surface area contributed by atoms with E-state index in [1.165, 1.54) is 13.8 Å². The Kier molecular flexibility index (Phi) is 6.49. The molecular weight excluding hydrogens is 371 g/mol. The molecule has 5 nitrogen and oxygen atoms in total. The second-order valence-electron chi connectivity index (χ2n) is 6.35. The standard InChI is InChI=1S/C17H21ClF3N3O2/c1-11(25)23-6-3-14(4-7-23)24(12(2)26)8-5-16-15(18)9-13(10-22-16)17(19,20)21/h9-10,14H,3-8H2,1-2H3. The van der Waals surface area contributed by atoms with Gasteiger partial charge in [-0.15, -0.1) is 0 Å². The van der Waals surface area contributed by atoms with Gasteiger partial charge in [-0.05, 0) is 18.9 Å². The number of rotatable bonds is 4. The zero-order chi connectivity index (χ0) is 19.5. The summed E-state index contributed by atoms with van der Waals surface area (Å²) < 4.78 is 38.0. The van der Waals surface area contributed by atoms with Crippen LogP contribution in [0.1, 0.15) is 37.9 Å². The smallest absolute Gasteiger partial charge is 0.343 e. The first-order valence-electron chi connectivity index (χ1n) is 8.34. The molecule has 1 fully saturated rings. The molecule has 2 rings (SSSR count). The first-order valence-corrected chi connectivity index (χ1v) is 8.71. The predicted octanol–water partition coefficient (Wildman–Crippen LogP) is 3.16. The zero-order valence-corrected chi connectivity index (χ0v) is 15.4. The number of halogens is 4. The number of amides is 2. The average molecular weight is 392 g/mol. The van der Waals surface area contributed by atoms with E-state index in [1.807, 2.05) is 0 Å². The van der Waals surface area contributed by atoms with Crippen molar-refractivity contribution in [1.82, 2.24) is 14.8 Å². The predicted molar refractivity (Wildman–Crippen MR) is 90.6 cm³/mol. The second kappa shape index (κ2) is 8.24. The largest absolute Gasteiger partial charge is 0.417 e. The summed E-state index contributed by atoms with van der Waals surface area (Å²) in [6, 6.07) is 0.851. The minimum absolute atomic E-state index is 0.00340. The van der Waals surface area contributed by atoms with Gasteiger partial charge in [-0.3, -0.25) is 14.6 Å². The van der Waals surface area contributed by atoms with Crippen LogP contribution in [0.15, 0.2) is 12.3 Å². The van der Waals surface area contributed by atoms with E-state index in [1.54, 1.807) is 9.80 Å². The van der Waals surface area contributed by atoms with E-state index in [-0.39, 0.29) is 29.3 Å². The van der Waals surface area contributed by atoms with Crippen LogP contribution >= 0.6 is 11.6 Å². The van der Waals surface area contributed by atoms with Gasteiger partial charge in [0.25, 0.3) is 0 Å². The van der Waals surface area contributed by atoms with Crippen LogP contribution in [0.3, 0.4) is 0 Å². The first kappa shape index (κ1) is 20.5. The van der Waals surface area contributed by atoms with Crippen molar-refractivity contribution in [1.29, 1.82) is 0 Å². The third-order valence-electron chi connectivity index (χ3n) is 4.59. The number of carbonyl (C=O) groups excluding carboxylic acids is 2. The maximum atomic E-state index is 12.7. The Morgan fingerprint density at radius 2 is 1.92 bits per heavy atom. The molecule has 26 heavy (non-hydrogen) atoms. The van der Waals surface area contributed by atoms with Crippen LogP contribution in [0.4, 0.5) is 13.2 Å². The van der Waals surface area contributed by atoms with Crippen LogP contribution in [0.25, 0.3) is 0 Å². The van der Waals surface area contributed by atoms with Gasteiger partial charge in [0.15, 0.2) is 0 Å². The lowest BCUT2D eigenvalue weighted by Gasteiger charge is -2.38. The molecule has 1 aliphatic heterocycles. The molecule has 1 saturated heterocycles. The van der Waals surface area contributed by atoms with Crippen molar-refractivity contribution in [3.05, 3.63) is 28.5 Å². The Morgan fingerprint density at radius 3 is 2.38 bits per heavy atom. The van der Waals surface area contributed by atoms with Gasteiger partial charge in [0.1, 0.15) is 0 Å².